The Labute approximate surface area is 92.0 Å². The predicted octanol–water partition coefficient (Wildman–Crippen LogP) is 0.798. The first-order valence-electron chi connectivity index (χ1n) is 4.69. The van der Waals surface area contributed by atoms with Gasteiger partial charge in [-0.25, -0.2) is 9.59 Å². The summed E-state index contributed by atoms with van der Waals surface area (Å²) in [6.07, 6.45) is -1.12. The van der Waals surface area contributed by atoms with Crippen LogP contribution in [0, 0.1) is 0 Å². The zero-order valence-corrected chi connectivity index (χ0v) is 8.64. The lowest BCUT2D eigenvalue weighted by atomic mass is 10.1. The summed E-state index contributed by atoms with van der Waals surface area (Å²) in [5.41, 5.74) is 5.76. The van der Waals surface area contributed by atoms with Crippen LogP contribution < -0.4 is 15.8 Å². The minimum absolute atomic E-state index is 0.435. The molecule has 0 saturated heterocycles. The number of primary amides is 1. The van der Waals surface area contributed by atoms with Gasteiger partial charge in [0.1, 0.15) is 11.9 Å². The average Bonchev–Trinajstić information content (AvgIpc) is 2.24. The third-order valence-electron chi connectivity index (χ3n) is 2.37. The number of hydrogen-bond donors (Lipinski definition) is 2. The SMILES string of the molecule is CN1C(=O)Oc2ccccc2C1NC(N)=O. The molecule has 1 aliphatic heterocycles. The Morgan fingerprint density at radius 1 is 1.50 bits per heavy atom. The maximum atomic E-state index is 11.5. The Hall–Kier alpha value is -2.24. The van der Waals surface area contributed by atoms with Crippen molar-refractivity contribution in [2.24, 2.45) is 5.73 Å². The Kier molecular flexibility index (Phi) is 2.40. The van der Waals surface area contributed by atoms with Crippen LogP contribution in [0.15, 0.2) is 24.3 Å². The number of nitrogens with two attached hydrogens (primary N) is 1. The molecule has 1 aliphatic rings. The van der Waals surface area contributed by atoms with E-state index < -0.39 is 18.3 Å². The lowest BCUT2D eigenvalue weighted by Gasteiger charge is -2.33. The summed E-state index contributed by atoms with van der Waals surface area (Å²) in [4.78, 5) is 23.6. The van der Waals surface area contributed by atoms with Gasteiger partial charge in [-0.1, -0.05) is 18.2 Å². The van der Waals surface area contributed by atoms with Gasteiger partial charge in [0.2, 0.25) is 0 Å². The molecule has 1 unspecified atom stereocenters. The van der Waals surface area contributed by atoms with Gasteiger partial charge < -0.3 is 15.8 Å². The zero-order chi connectivity index (χ0) is 11.7. The highest BCUT2D eigenvalue weighted by Crippen LogP contribution is 2.31. The summed E-state index contributed by atoms with van der Waals surface area (Å²) in [6, 6.07) is 6.27. The molecule has 0 spiro atoms. The van der Waals surface area contributed by atoms with Crippen LogP contribution in [-0.2, 0) is 0 Å². The van der Waals surface area contributed by atoms with E-state index in [-0.39, 0.29) is 0 Å². The van der Waals surface area contributed by atoms with E-state index in [2.05, 4.69) is 5.32 Å². The van der Waals surface area contributed by atoms with Crippen LogP contribution in [0.3, 0.4) is 0 Å². The Balaban J connectivity index is 2.41. The average molecular weight is 221 g/mol. The Morgan fingerprint density at radius 2 is 2.19 bits per heavy atom. The second-order valence-electron chi connectivity index (χ2n) is 3.43. The molecular formula is C10H11N3O3. The van der Waals surface area contributed by atoms with Crippen molar-refractivity contribution >= 4 is 12.1 Å². The number of ether oxygens (including phenoxy) is 1. The predicted molar refractivity (Wildman–Crippen MR) is 55.7 cm³/mol. The van der Waals surface area contributed by atoms with Crippen molar-refractivity contribution < 1.29 is 14.3 Å². The molecule has 1 atom stereocenters. The molecule has 1 aromatic rings. The fraction of sp³-hybridized carbons (Fsp3) is 0.200. The summed E-state index contributed by atoms with van der Waals surface area (Å²) in [5, 5.41) is 2.48. The van der Waals surface area contributed by atoms with Crippen molar-refractivity contribution in [3.8, 4) is 5.75 Å². The van der Waals surface area contributed by atoms with Gasteiger partial charge in [0.25, 0.3) is 0 Å². The molecule has 3 N–H and O–H groups in total. The van der Waals surface area contributed by atoms with Crippen LogP contribution in [0.5, 0.6) is 5.75 Å². The summed E-state index contributed by atoms with van der Waals surface area (Å²) < 4.78 is 5.05. The zero-order valence-electron chi connectivity index (χ0n) is 8.64. The van der Waals surface area contributed by atoms with Crippen molar-refractivity contribution in [3.63, 3.8) is 0 Å². The number of nitrogens with zero attached hydrogens (tertiary/aromatic N) is 1. The van der Waals surface area contributed by atoms with Crippen LogP contribution in [-0.4, -0.2) is 24.1 Å². The van der Waals surface area contributed by atoms with Crippen molar-refractivity contribution in [1.82, 2.24) is 10.2 Å². The minimum Gasteiger partial charge on any atom is -0.410 e. The lowest BCUT2D eigenvalue weighted by molar-refractivity contribution is 0.123. The molecule has 3 amide bonds. The molecule has 0 aromatic heterocycles. The fourth-order valence-electron chi connectivity index (χ4n) is 1.59. The van der Waals surface area contributed by atoms with Gasteiger partial charge >= 0.3 is 12.1 Å². The quantitative estimate of drug-likeness (QED) is 0.735. The topological polar surface area (TPSA) is 84.7 Å². The van der Waals surface area contributed by atoms with Gasteiger partial charge in [-0.3, -0.25) is 4.90 Å². The van der Waals surface area contributed by atoms with Crippen molar-refractivity contribution in [2.75, 3.05) is 7.05 Å². The van der Waals surface area contributed by atoms with Gasteiger partial charge in [-0.15, -0.1) is 0 Å². The minimum atomic E-state index is -0.693. The third-order valence-corrected chi connectivity index (χ3v) is 2.37. The van der Waals surface area contributed by atoms with Crippen molar-refractivity contribution in [1.29, 1.82) is 0 Å². The largest absolute Gasteiger partial charge is 0.416 e. The summed E-state index contributed by atoms with van der Waals surface area (Å²) >= 11 is 0. The number of carbonyl (C=O) groups is 2. The second-order valence-corrected chi connectivity index (χ2v) is 3.43. The molecule has 1 aromatic carbocycles. The number of rotatable bonds is 1. The Bertz CT molecular complexity index is 447. The van der Waals surface area contributed by atoms with E-state index in [1.807, 2.05) is 0 Å². The molecule has 0 fully saturated rings. The number of benzene rings is 1. The highest BCUT2D eigenvalue weighted by atomic mass is 16.6. The smallest absolute Gasteiger partial charge is 0.410 e. The van der Waals surface area contributed by atoms with Gasteiger partial charge in [-0.2, -0.15) is 0 Å². The summed E-state index contributed by atoms with van der Waals surface area (Å²) in [7, 11) is 1.53. The van der Waals surface area contributed by atoms with Crippen LogP contribution in [0.25, 0.3) is 0 Å². The molecule has 6 heteroatoms. The van der Waals surface area contributed by atoms with Gasteiger partial charge in [0, 0.05) is 12.6 Å². The first kappa shape index (κ1) is 10.3. The monoisotopic (exact) mass is 221 g/mol. The van der Waals surface area contributed by atoms with Gasteiger partial charge in [-0.05, 0) is 6.07 Å². The normalized spacial score (nSPS) is 18.7. The summed E-state index contributed by atoms with van der Waals surface area (Å²) in [6.45, 7) is 0. The number of para-hydroxylation sites is 1. The molecule has 84 valence electrons. The van der Waals surface area contributed by atoms with Crippen LogP contribution in [0.2, 0.25) is 0 Å². The van der Waals surface area contributed by atoms with E-state index in [9.17, 15) is 9.59 Å². The molecule has 1 heterocycles. The number of amides is 3. The highest BCUT2D eigenvalue weighted by molar-refractivity contribution is 5.77. The second kappa shape index (κ2) is 3.73. The molecule has 0 bridgehead atoms. The van der Waals surface area contributed by atoms with E-state index in [1.165, 1.54) is 11.9 Å². The third kappa shape index (κ3) is 1.65. The first-order chi connectivity index (χ1) is 7.59. The van der Waals surface area contributed by atoms with E-state index in [0.717, 1.165) is 0 Å². The van der Waals surface area contributed by atoms with Gasteiger partial charge in [0.05, 0.1) is 0 Å². The fourth-order valence-corrected chi connectivity index (χ4v) is 1.59. The van der Waals surface area contributed by atoms with E-state index in [1.54, 1.807) is 24.3 Å². The van der Waals surface area contributed by atoms with E-state index in [4.69, 9.17) is 10.5 Å². The molecular weight excluding hydrogens is 210 g/mol. The lowest BCUT2D eigenvalue weighted by Crippen LogP contribution is -2.47. The molecule has 2 rings (SSSR count). The maximum absolute atomic E-state index is 11.5. The van der Waals surface area contributed by atoms with E-state index >= 15 is 0 Å². The number of fused-ring (bicyclic) bond motifs is 1. The highest BCUT2D eigenvalue weighted by Gasteiger charge is 2.31. The number of nitrogens with one attached hydrogen (secondary N) is 1. The first-order valence-corrected chi connectivity index (χ1v) is 4.69. The van der Waals surface area contributed by atoms with Crippen LogP contribution in [0.1, 0.15) is 11.7 Å². The molecule has 16 heavy (non-hydrogen) atoms. The number of urea groups is 1. The molecule has 6 nitrogen and oxygen atoms in total. The molecule has 0 aliphatic carbocycles. The standard InChI is InChI=1S/C10H11N3O3/c1-13-8(12-9(11)14)6-4-2-3-5-7(6)16-10(13)15/h2-5,8H,1H3,(H3,11,12,14). The van der Waals surface area contributed by atoms with E-state index in [0.29, 0.717) is 11.3 Å². The molecule has 0 radical (unpaired) electrons. The van der Waals surface area contributed by atoms with Crippen LogP contribution >= 0.6 is 0 Å². The van der Waals surface area contributed by atoms with Crippen molar-refractivity contribution in [2.45, 2.75) is 6.17 Å². The van der Waals surface area contributed by atoms with Crippen LogP contribution in [0.4, 0.5) is 9.59 Å². The number of hydrogen-bond acceptors (Lipinski definition) is 3. The van der Waals surface area contributed by atoms with Gasteiger partial charge in [0.15, 0.2) is 0 Å². The maximum Gasteiger partial charge on any atom is 0.416 e. The number of carbonyl (C=O) groups excluding carboxylic acids is 2. The van der Waals surface area contributed by atoms with Crippen molar-refractivity contribution in [3.05, 3.63) is 29.8 Å². The molecule has 0 saturated carbocycles. The Morgan fingerprint density at radius 3 is 2.88 bits per heavy atom. The summed E-state index contributed by atoms with van der Waals surface area (Å²) in [5.74, 6) is 0.435.